The topological polar surface area (TPSA) is 64.8 Å². The number of aliphatic imine (C=N–C) groups is 1. The molecule has 8 nitrogen and oxygen atoms in total. The molecule has 0 spiro atoms. The molecular formula is C33H42N8. The highest BCUT2D eigenvalue weighted by atomic mass is 15.4. The lowest BCUT2D eigenvalue weighted by atomic mass is 9.91. The van der Waals surface area contributed by atoms with Gasteiger partial charge in [-0.1, -0.05) is 25.8 Å². The molecule has 8 heteroatoms. The van der Waals surface area contributed by atoms with Crippen LogP contribution in [0, 0.1) is 6.92 Å². The molecule has 0 amide bonds. The van der Waals surface area contributed by atoms with Gasteiger partial charge >= 0.3 is 0 Å². The maximum Gasteiger partial charge on any atom is 0.208 e. The van der Waals surface area contributed by atoms with Gasteiger partial charge in [0, 0.05) is 74.0 Å². The molecule has 0 atom stereocenters. The first-order valence-electron chi connectivity index (χ1n) is 15.5. The van der Waals surface area contributed by atoms with Gasteiger partial charge in [0.15, 0.2) is 0 Å². The van der Waals surface area contributed by atoms with Crippen molar-refractivity contribution in [2.24, 2.45) is 12.0 Å². The van der Waals surface area contributed by atoms with Crippen LogP contribution in [0.15, 0.2) is 48.1 Å². The molecule has 41 heavy (non-hydrogen) atoms. The van der Waals surface area contributed by atoms with Crippen molar-refractivity contribution >= 4 is 28.7 Å². The van der Waals surface area contributed by atoms with E-state index in [1.54, 1.807) is 0 Å². The van der Waals surface area contributed by atoms with Crippen LogP contribution in [0.4, 0.5) is 17.1 Å². The fraction of sp³-hybridized carbons (Fsp3) is 0.485. The maximum absolute atomic E-state index is 5.10. The second-order valence-corrected chi connectivity index (χ2v) is 12.1. The Balaban J connectivity index is 1.18. The summed E-state index contributed by atoms with van der Waals surface area (Å²) >= 11 is 0. The number of anilines is 3. The van der Waals surface area contributed by atoms with Crippen LogP contribution in [0.1, 0.15) is 61.9 Å². The lowest BCUT2D eigenvalue weighted by Crippen LogP contribution is -2.52. The number of hydrogen-bond acceptors (Lipinski definition) is 7. The van der Waals surface area contributed by atoms with Crippen molar-refractivity contribution in [2.45, 2.75) is 64.3 Å². The highest BCUT2D eigenvalue weighted by Gasteiger charge is 2.30. The molecule has 7 rings (SSSR count). The van der Waals surface area contributed by atoms with Crippen molar-refractivity contribution in [3.05, 3.63) is 60.1 Å². The average molecular weight is 551 g/mol. The minimum Gasteiger partial charge on any atom is -0.369 e. The molecule has 4 aliphatic rings. The smallest absolute Gasteiger partial charge is 0.208 e. The molecule has 2 fully saturated rings. The second-order valence-electron chi connectivity index (χ2n) is 12.1. The first-order valence-corrected chi connectivity index (χ1v) is 15.5. The summed E-state index contributed by atoms with van der Waals surface area (Å²) < 4.78 is 2.01. The number of benzene rings is 1. The number of hydrogen-bond donors (Lipinski definition) is 1. The number of nitrogens with zero attached hydrogens (tertiary/aromatic N) is 7. The zero-order valence-electron chi connectivity index (χ0n) is 24.6. The van der Waals surface area contributed by atoms with Gasteiger partial charge in [-0.15, -0.1) is 0 Å². The summed E-state index contributed by atoms with van der Waals surface area (Å²) in [5.41, 5.74) is 9.67. The van der Waals surface area contributed by atoms with E-state index in [-0.39, 0.29) is 0 Å². The van der Waals surface area contributed by atoms with Gasteiger partial charge in [-0.2, -0.15) is 5.10 Å². The number of aromatic nitrogens is 3. The summed E-state index contributed by atoms with van der Waals surface area (Å²) in [6.07, 6.45) is 11.8. The molecule has 1 saturated heterocycles. The first-order chi connectivity index (χ1) is 20.0. The Morgan fingerprint density at radius 2 is 1.76 bits per heavy atom. The van der Waals surface area contributed by atoms with Crippen LogP contribution in [0.5, 0.6) is 0 Å². The lowest BCUT2D eigenvalue weighted by Gasteiger charge is -2.43. The Kier molecular flexibility index (Phi) is 7.03. The van der Waals surface area contributed by atoms with Gasteiger partial charge < -0.3 is 15.1 Å². The van der Waals surface area contributed by atoms with Gasteiger partial charge in [0.2, 0.25) is 5.96 Å². The number of rotatable bonds is 2. The van der Waals surface area contributed by atoms with E-state index in [0.29, 0.717) is 0 Å². The third kappa shape index (κ3) is 5.14. The van der Waals surface area contributed by atoms with E-state index in [0.717, 1.165) is 84.8 Å². The SMILES string of the molecule is C=C1/N=C2\Nc3ccc(N4CCN(C5CCC5)CC4)cc3N2CCCCCCc2c(cnn2C)-c2cc1cc(C)n2. The van der Waals surface area contributed by atoms with Gasteiger partial charge in [-0.05, 0) is 69.4 Å². The molecule has 214 valence electrons. The van der Waals surface area contributed by atoms with E-state index in [1.165, 1.54) is 62.3 Å². The number of piperazine rings is 1. The standard InChI is InChI=1S/C33H42N8/c1-23-19-25-20-30(35-23)28-22-34-38(3)31(28)11-6-4-5-7-14-41-32-21-27(12-13-29(32)37-33(41)36-24(25)2)40-17-15-39(16-18-40)26-9-8-10-26/h12-13,19-22,26H,2,4-11,14-18H2,1,3H3,(H,36,37). The Morgan fingerprint density at radius 3 is 2.56 bits per heavy atom. The van der Waals surface area contributed by atoms with Crippen LogP contribution in [-0.2, 0) is 13.5 Å². The van der Waals surface area contributed by atoms with Crippen molar-refractivity contribution in [3.8, 4) is 11.3 Å². The zero-order chi connectivity index (χ0) is 27.9. The molecule has 1 aromatic carbocycles. The summed E-state index contributed by atoms with van der Waals surface area (Å²) in [4.78, 5) is 17.6. The predicted molar refractivity (Wildman–Crippen MR) is 169 cm³/mol. The average Bonchev–Trinajstić information content (AvgIpc) is 3.48. The van der Waals surface area contributed by atoms with Gasteiger partial charge in [0.25, 0.3) is 0 Å². The number of nitrogens with one attached hydrogen (secondary N) is 1. The Bertz CT molecular complexity index is 1470. The highest BCUT2D eigenvalue weighted by molar-refractivity contribution is 6.16. The second kappa shape index (κ2) is 11.0. The number of guanidine groups is 1. The van der Waals surface area contributed by atoms with Crippen LogP contribution in [0.3, 0.4) is 0 Å². The fourth-order valence-electron chi connectivity index (χ4n) is 6.81. The molecule has 1 N–H and O–H groups in total. The third-order valence-electron chi connectivity index (χ3n) is 9.46. The number of aryl methyl sites for hydroxylation is 2. The molecule has 3 aromatic rings. The quantitative estimate of drug-likeness (QED) is 0.433. The summed E-state index contributed by atoms with van der Waals surface area (Å²) in [7, 11) is 2.04. The predicted octanol–water partition coefficient (Wildman–Crippen LogP) is 5.84. The minimum absolute atomic E-state index is 0.740. The monoisotopic (exact) mass is 550 g/mol. The molecule has 0 radical (unpaired) electrons. The van der Waals surface area contributed by atoms with Crippen LogP contribution in [0.25, 0.3) is 17.0 Å². The highest BCUT2D eigenvalue weighted by Crippen LogP contribution is 2.38. The number of fused-ring (bicyclic) bond motifs is 7. The maximum atomic E-state index is 5.10. The zero-order valence-corrected chi connectivity index (χ0v) is 24.6. The molecule has 1 aliphatic carbocycles. The summed E-state index contributed by atoms with van der Waals surface area (Å²) in [6.45, 7) is 11.9. The van der Waals surface area contributed by atoms with E-state index in [4.69, 9.17) is 9.98 Å². The molecular weight excluding hydrogens is 508 g/mol. The van der Waals surface area contributed by atoms with Crippen LogP contribution in [0.2, 0.25) is 0 Å². The molecule has 2 bridgehead atoms. The van der Waals surface area contributed by atoms with Crippen LogP contribution in [-0.4, -0.2) is 64.4 Å². The largest absolute Gasteiger partial charge is 0.369 e. The van der Waals surface area contributed by atoms with Gasteiger partial charge in [0.05, 0.1) is 29.0 Å². The van der Waals surface area contributed by atoms with Gasteiger partial charge in [-0.25, -0.2) is 4.99 Å². The number of pyridine rings is 1. The summed E-state index contributed by atoms with van der Waals surface area (Å²) in [5.74, 6) is 0.866. The Labute approximate surface area is 243 Å². The van der Waals surface area contributed by atoms with E-state index in [1.807, 2.05) is 24.9 Å². The van der Waals surface area contributed by atoms with Crippen molar-refractivity contribution in [1.82, 2.24) is 19.7 Å². The van der Waals surface area contributed by atoms with E-state index < -0.39 is 0 Å². The third-order valence-corrected chi connectivity index (χ3v) is 9.46. The van der Waals surface area contributed by atoms with E-state index >= 15 is 0 Å². The molecule has 5 heterocycles. The molecule has 2 aromatic heterocycles. The Morgan fingerprint density at radius 1 is 0.927 bits per heavy atom. The van der Waals surface area contributed by atoms with Crippen LogP contribution < -0.4 is 15.1 Å². The summed E-state index contributed by atoms with van der Waals surface area (Å²) in [5, 5.41) is 8.20. The van der Waals surface area contributed by atoms with Crippen molar-refractivity contribution in [2.75, 3.05) is 47.8 Å². The van der Waals surface area contributed by atoms with Crippen LogP contribution >= 0.6 is 0 Å². The minimum atomic E-state index is 0.740. The van der Waals surface area contributed by atoms with Crippen molar-refractivity contribution < 1.29 is 0 Å². The van der Waals surface area contributed by atoms with Crippen molar-refractivity contribution in [3.63, 3.8) is 0 Å². The van der Waals surface area contributed by atoms with E-state index in [2.05, 4.69) is 62.0 Å². The van der Waals surface area contributed by atoms with Gasteiger partial charge in [0.1, 0.15) is 0 Å². The lowest BCUT2D eigenvalue weighted by molar-refractivity contribution is 0.120. The fourth-order valence-corrected chi connectivity index (χ4v) is 6.81. The van der Waals surface area contributed by atoms with Crippen molar-refractivity contribution in [1.29, 1.82) is 0 Å². The molecule has 1 saturated carbocycles. The first kappa shape index (κ1) is 26.3. The molecule has 3 aliphatic heterocycles. The Hall–Kier alpha value is -3.65. The normalized spacial score (nSPS) is 21.5. The van der Waals surface area contributed by atoms with Gasteiger partial charge in [-0.3, -0.25) is 14.6 Å². The molecule has 0 unspecified atom stereocenters. The summed E-state index contributed by atoms with van der Waals surface area (Å²) in [6, 6.07) is 11.9. The van der Waals surface area contributed by atoms with E-state index in [9.17, 15) is 0 Å².